The summed E-state index contributed by atoms with van der Waals surface area (Å²) >= 11 is 5.81. The molecule has 0 saturated heterocycles. The van der Waals surface area contributed by atoms with Crippen molar-refractivity contribution in [2.24, 2.45) is 10.7 Å². The molecule has 0 fully saturated rings. The average Bonchev–Trinajstić information content (AvgIpc) is 2.55. The number of anilines is 1. The lowest BCUT2D eigenvalue weighted by Gasteiger charge is -2.19. The summed E-state index contributed by atoms with van der Waals surface area (Å²) in [6.07, 6.45) is 6.37. The first kappa shape index (κ1) is 18.0. The molecule has 23 heavy (non-hydrogen) atoms. The fourth-order valence-corrected chi connectivity index (χ4v) is 2.85. The van der Waals surface area contributed by atoms with E-state index in [4.69, 9.17) is 17.3 Å². The number of nitrogens with one attached hydrogen (secondary N) is 1. The lowest BCUT2D eigenvalue weighted by atomic mass is 9.90. The van der Waals surface area contributed by atoms with Gasteiger partial charge in [0.1, 0.15) is 0 Å². The first-order valence-corrected chi connectivity index (χ1v) is 7.88. The number of hydrogen-bond donors (Lipinski definition) is 2. The SMILES string of the molecule is I.NC(=NCc1ccc(Cl)cn1)Nc1cccc2c1CCCC2. The van der Waals surface area contributed by atoms with Crippen LogP contribution in [-0.4, -0.2) is 10.9 Å². The van der Waals surface area contributed by atoms with Crippen molar-refractivity contribution in [1.82, 2.24) is 4.98 Å². The number of aliphatic imine (C=N–C) groups is 1. The molecular weight excluding hydrogens is 423 g/mol. The molecule has 6 heteroatoms. The largest absolute Gasteiger partial charge is 0.370 e. The molecule has 1 aliphatic carbocycles. The van der Waals surface area contributed by atoms with Crippen molar-refractivity contribution in [3.8, 4) is 0 Å². The van der Waals surface area contributed by atoms with Crippen LogP contribution >= 0.6 is 35.6 Å². The van der Waals surface area contributed by atoms with Crippen molar-refractivity contribution in [1.29, 1.82) is 0 Å². The van der Waals surface area contributed by atoms with Gasteiger partial charge in [-0.15, -0.1) is 24.0 Å². The molecule has 0 amide bonds. The minimum absolute atomic E-state index is 0. The Hall–Kier alpha value is -1.34. The van der Waals surface area contributed by atoms with Crippen molar-refractivity contribution < 1.29 is 0 Å². The zero-order chi connectivity index (χ0) is 15.4. The molecule has 1 aromatic carbocycles. The Morgan fingerprint density at radius 1 is 1.22 bits per heavy atom. The van der Waals surface area contributed by atoms with Crippen LogP contribution in [0.3, 0.4) is 0 Å². The standard InChI is InChI=1S/C17H19ClN4.HI/c18-13-8-9-14(20-10-13)11-21-17(19)22-16-7-3-5-12-4-1-2-6-15(12)16;/h3,5,7-10H,1-2,4,6,11H2,(H3,19,21,22);1H. The van der Waals surface area contributed by atoms with E-state index in [1.165, 1.54) is 24.0 Å². The van der Waals surface area contributed by atoms with Crippen molar-refractivity contribution in [2.45, 2.75) is 32.2 Å². The monoisotopic (exact) mass is 442 g/mol. The Labute approximate surface area is 158 Å². The number of halogens is 2. The molecule has 0 spiro atoms. The van der Waals surface area contributed by atoms with Gasteiger partial charge >= 0.3 is 0 Å². The number of aromatic nitrogens is 1. The fraction of sp³-hybridized carbons (Fsp3) is 0.294. The van der Waals surface area contributed by atoms with Gasteiger partial charge in [-0.3, -0.25) is 4.98 Å². The average molecular weight is 443 g/mol. The summed E-state index contributed by atoms with van der Waals surface area (Å²) in [7, 11) is 0. The quantitative estimate of drug-likeness (QED) is 0.426. The van der Waals surface area contributed by atoms with E-state index < -0.39 is 0 Å². The zero-order valence-electron chi connectivity index (χ0n) is 12.8. The highest BCUT2D eigenvalue weighted by molar-refractivity contribution is 14.0. The Bertz CT molecular complexity index is 685. The third kappa shape index (κ3) is 4.81. The van der Waals surface area contributed by atoms with Gasteiger partial charge < -0.3 is 11.1 Å². The second-order valence-corrected chi connectivity index (χ2v) is 5.88. The van der Waals surface area contributed by atoms with Crippen molar-refractivity contribution in [2.75, 3.05) is 5.32 Å². The zero-order valence-corrected chi connectivity index (χ0v) is 15.8. The number of nitrogens with zero attached hydrogens (tertiary/aromatic N) is 2. The van der Waals surface area contributed by atoms with Gasteiger partial charge in [0.15, 0.2) is 5.96 Å². The van der Waals surface area contributed by atoms with Crippen LogP contribution < -0.4 is 11.1 Å². The van der Waals surface area contributed by atoms with Crippen LogP contribution in [0.4, 0.5) is 5.69 Å². The molecule has 0 bridgehead atoms. The summed E-state index contributed by atoms with van der Waals surface area (Å²) in [5.41, 5.74) is 10.7. The van der Waals surface area contributed by atoms with Gasteiger partial charge in [-0.05, 0) is 55.0 Å². The molecule has 0 aliphatic heterocycles. The highest BCUT2D eigenvalue weighted by Gasteiger charge is 2.13. The number of rotatable bonds is 3. The predicted octanol–water partition coefficient (Wildman–Crippen LogP) is 4.16. The molecule has 0 atom stereocenters. The number of nitrogens with two attached hydrogens (primary N) is 1. The maximum atomic E-state index is 6.00. The van der Waals surface area contributed by atoms with E-state index in [0.29, 0.717) is 17.5 Å². The molecule has 1 aromatic heterocycles. The lowest BCUT2D eigenvalue weighted by Crippen LogP contribution is -2.24. The first-order valence-electron chi connectivity index (χ1n) is 7.50. The van der Waals surface area contributed by atoms with Crippen LogP contribution in [0, 0.1) is 0 Å². The molecular formula is C17H20ClIN4. The first-order chi connectivity index (χ1) is 10.7. The summed E-state index contributed by atoms with van der Waals surface area (Å²) in [6, 6.07) is 9.98. The molecule has 1 aliphatic rings. The Morgan fingerprint density at radius 3 is 2.83 bits per heavy atom. The van der Waals surface area contributed by atoms with Gasteiger partial charge in [0, 0.05) is 11.9 Å². The summed E-state index contributed by atoms with van der Waals surface area (Å²) in [5.74, 6) is 0.413. The van der Waals surface area contributed by atoms with E-state index in [1.54, 1.807) is 12.3 Å². The molecule has 0 radical (unpaired) electrons. The van der Waals surface area contributed by atoms with Crippen LogP contribution in [0.1, 0.15) is 29.7 Å². The van der Waals surface area contributed by atoms with E-state index in [-0.39, 0.29) is 24.0 Å². The highest BCUT2D eigenvalue weighted by Crippen LogP contribution is 2.27. The third-order valence-corrected chi connectivity index (χ3v) is 4.08. The Kier molecular flexibility index (Phi) is 6.65. The van der Waals surface area contributed by atoms with E-state index >= 15 is 0 Å². The second kappa shape index (κ2) is 8.49. The maximum absolute atomic E-state index is 6.00. The third-order valence-electron chi connectivity index (χ3n) is 3.86. The van der Waals surface area contributed by atoms with Gasteiger partial charge in [0.25, 0.3) is 0 Å². The topological polar surface area (TPSA) is 63.3 Å². The van der Waals surface area contributed by atoms with E-state index in [2.05, 4.69) is 33.5 Å². The molecule has 4 nitrogen and oxygen atoms in total. The number of pyridine rings is 1. The van der Waals surface area contributed by atoms with E-state index in [0.717, 1.165) is 24.2 Å². The molecule has 122 valence electrons. The Morgan fingerprint density at radius 2 is 2.04 bits per heavy atom. The minimum atomic E-state index is 0. The molecule has 0 saturated carbocycles. The number of hydrogen-bond acceptors (Lipinski definition) is 2. The summed E-state index contributed by atoms with van der Waals surface area (Å²) < 4.78 is 0. The summed E-state index contributed by atoms with van der Waals surface area (Å²) in [6.45, 7) is 0.436. The van der Waals surface area contributed by atoms with Gasteiger partial charge in [-0.2, -0.15) is 0 Å². The number of benzene rings is 1. The van der Waals surface area contributed by atoms with Crippen molar-refractivity contribution in [3.63, 3.8) is 0 Å². The van der Waals surface area contributed by atoms with Crippen molar-refractivity contribution >= 4 is 47.2 Å². The molecule has 0 unspecified atom stereocenters. The fourth-order valence-electron chi connectivity index (χ4n) is 2.74. The number of guanidine groups is 1. The van der Waals surface area contributed by atoms with Crippen LogP contribution in [0.15, 0.2) is 41.5 Å². The molecule has 3 rings (SSSR count). The second-order valence-electron chi connectivity index (χ2n) is 5.44. The van der Waals surface area contributed by atoms with Gasteiger partial charge in [-0.1, -0.05) is 23.7 Å². The lowest BCUT2D eigenvalue weighted by molar-refractivity contribution is 0.687. The van der Waals surface area contributed by atoms with Gasteiger partial charge in [0.2, 0.25) is 0 Å². The maximum Gasteiger partial charge on any atom is 0.193 e. The smallest absolute Gasteiger partial charge is 0.193 e. The van der Waals surface area contributed by atoms with Gasteiger partial charge in [-0.25, -0.2) is 4.99 Å². The van der Waals surface area contributed by atoms with Crippen LogP contribution in [0.2, 0.25) is 5.02 Å². The van der Waals surface area contributed by atoms with E-state index in [1.807, 2.05) is 6.07 Å². The van der Waals surface area contributed by atoms with Crippen LogP contribution in [-0.2, 0) is 19.4 Å². The van der Waals surface area contributed by atoms with Crippen LogP contribution in [0.5, 0.6) is 0 Å². The van der Waals surface area contributed by atoms with Crippen LogP contribution in [0.25, 0.3) is 0 Å². The number of fused-ring (bicyclic) bond motifs is 1. The number of aryl methyl sites for hydroxylation is 1. The van der Waals surface area contributed by atoms with Crippen molar-refractivity contribution in [3.05, 3.63) is 58.4 Å². The Balaban J connectivity index is 0.00000192. The molecule has 1 heterocycles. The van der Waals surface area contributed by atoms with Gasteiger partial charge in [0.05, 0.1) is 17.3 Å². The van der Waals surface area contributed by atoms with E-state index in [9.17, 15) is 0 Å². The summed E-state index contributed by atoms with van der Waals surface area (Å²) in [5, 5.41) is 3.85. The molecule has 2 aromatic rings. The predicted molar refractivity (Wildman–Crippen MR) is 107 cm³/mol. The minimum Gasteiger partial charge on any atom is -0.370 e. The summed E-state index contributed by atoms with van der Waals surface area (Å²) in [4.78, 5) is 8.55. The highest BCUT2D eigenvalue weighted by atomic mass is 127. The molecule has 3 N–H and O–H groups in total. The normalized spacial score (nSPS) is 13.9.